The molecule has 0 amide bonds. The zero-order valence-corrected chi connectivity index (χ0v) is 7.33. The molecule has 0 unspecified atom stereocenters. The molecule has 3 nitrogen and oxygen atoms in total. The van der Waals surface area contributed by atoms with Crippen molar-refractivity contribution in [2.45, 2.75) is 6.42 Å². The van der Waals surface area contributed by atoms with Crippen LogP contribution in [0.15, 0.2) is 22.8 Å². The topological polar surface area (TPSA) is 39.4 Å². The molecule has 0 radical (unpaired) electrons. The molecular weight excluding hydrogens is 212 g/mol. The van der Waals surface area contributed by atoms with Gasteiger partial charge < -0.3 is 9.15 Å². The quantitative estimate of drug-likeness (QED) is 0.573. The highest BCUT2D eigenvalue weighted by molar-refractivity contribution is 9.09. The molecule has 0 aromatic carbocycles. The van der Waals surface area contributed by atoms with Crippen molar-refractivity contribution in [1.82, 2.24) is 0 Å². The van der Waals surface area contributed by atoms with Crippen LogP contribution in [0.5, 0.6) is 0 Å². The van der Waals surface area contributed by atoms with E-state index in [0.29, 0.717) is 5.76 Å². The van der Waals surface area contributed by atoms with Crippen molar-refractivity contribution in [3.63, 3.8) is 0 Å². The van der Waals surface area contributed by atoms with Gasteiger partial charge in [-0.1, -0.05) is 0 Å². The highest BCUT2D eigenvalue weighted by Crippen LogP contribution is 2.02. The van der Waals surface area contributed by atoms with Gasteiger partial charge in [-0.05, 0) is 28.1 Å². The van der Waals surface area contributed by atoms with Gasteiger partial charge in [0.2, 0.25) is 0 Å². The van der Waals surface area contributed by atoms with Crippen LogP contribution in [0.4, 0.5) is 0 Å². The lowest BCUT2D eigenvalue weighted by Crippen LogP contribution is -2.05. The molecule has 0 N–H and O–H groups in total. The third kappa shape index (κ3) is 2.76. The number of rotatable bonds is 3. The van der Waals surface area contributed by atoms with Gasteiger partial charge in [-0.25, -0.2) is 0 Å². The van der Waals surface area contributed by atoms with Crippen LogP contribution in [0.2, 0.25) is 0 Å². The van der Waals surface area contributed by atoms with Crippen LogP contribution in [0, 0.1) is 0 Å². The predicted octanol–water partition coefficient (Wildman–Crippen LogP) is 1.72. The van der Waals surface area contributed by atoms with Gasteiger partial charge in [-0.2, -0.15) is 0 Å². The minimum Gasteiger partial charge on any atom is -0.469 e. The Labute approximate surface area is 72.5 Å². The molecule has 60 valence electrons. The fraction of sp³-hybridized carbons (Fsp3) is 0.286. The van der Waals surface area contributed by atoms with Gasteiger partial charge >= 0.3 is 5.97 Å². The zero-order chi connectivity index (χ0) is 8.10. The van der Waals surface area contributed by atoms with Crippen molar-refractivity contribution in [1.29, 1.82) is 0 Å². The van der Waals surface area contributed by atoms with Gasteiger partial charge in [0, 0.05) is 0 Å². The Hall–Kier alpha value is -0.770. The minimum atomic E-state index is -0.295. The Morgan fingerprint density at radius 1 is 1.73 bits per heavy atom. The van der Waals surface area contributed by atoms with Gasteiger partial charge in [0.1, 0.15) is 17.7 Å². The van der Waals surface area contributed by atoms with Crippen LogP contribution in [0.3, 0.4) is 0 Å². The fourth-order valence-electron chi connectivity index (χ4n) is 0.667. The van der Waals surface area contributed by atoms with Crippen molar-refractivity contribution in [2.75, 3.05) is 5.52 Å². The summed E-state index contributed by atoms with van der Waals surface area (Å²) in [6.45, 7) is 0. The number of carbonyl (C=O) groups excluding carboxylic acids is 1. The molecule has 1 rings (SSSR count). The Kier molecular flexibility index (Phi) is 3.16. The van der Waals surface area contributed by atoms with Gasteiger partial charge in [-0.3, -0.25) is 4.79 Å². The normalized spacial score (nSPS) is 9.55. The summed E-state index contributed by atoms with van der Waals surface area (Å²) in [7, 11) is 0. The van der Waals surface area contributed by atoms with E-state index < -0.39 is 0 Å². The van der Waals surface area contributed by atoms with E-state index in [0.717, 1.165) is 0 Å². The first-order valence-electron chi connectivity index (χ1n) is 3.07. The Morgan fingerprint density at radius 2 is 2.55 bits per heavy atom. The minimum absolute atomic E-state index is 0.193. The summed E-state index contributed by atoms with van der Waals surface area (Å²) in [5.74, 6) is 0.327. The number of halogens is 1. The second-order valence-corrected chi connectivity index (χ2v) is 2.34. The summed E-state index contributed by atoms with van der Waals surface area (Å²) in [5.41, 5.74) is 0.229. The van der Waals surface area contributed by atoms with E-state index >= 15 is 0 Å². The lowest BCUT2D eigenvalue weighted by molar-refractivity contribution is -0.140. The van der Waals surface area contributed by atoms with Gasteiger partial charge in [0.15, 0.2) is 0 Å². The predicted molar refractivity (Wildman–Crippen MR) is 42.3 cm³/mol. The van der Waals surface area contributed by atoms with E-state index in [4.69, 9.17) is 4.42 Å². The number of alkyl halides is 1. The first-order chi connectivity index (χ1) is 5.33. The summed E-state index contributed by atoms with van der Waals surface area (Å²) in [6, 6.07) is 3.46. The van der Waals surface area contributed by atoms with Crippen molar-refractivity contribution >= 4 is 21.9 Å². The molecule has 0 saturated heterocycles. The Balaban J connectivity index is 2.37. The van der Waals surface area contributed by atoms with E-state index in [1.807, 2.05) is 0 Å². The van der Waals surface area contributed by atoms with Gasteiger partial charge in [0.25, 0.3) is 0 Å². The molecule has 1 heterocycles. The van der Waals surface area contributed by atoms with Crippen molar-refractivity contribution in [3.05, 3.63) is 24.2 Å². The third-order valence-corrected chi connectivity index (χ3v) is 1.34. The van der Waals surface area contributed by atoms with Crippen molar-refractivity contribution < 1.29 is 13.9 Å². The van der Waals surface area contributed by atoms with E-state index in [2.05, 4.69) is 20.7 Å². The van der Waals surface area contributed by atoms with E-state index in [1.54, 1.807) is 12.1 Å². The number of esters is 1. The first kappa shape index (κ1) is 8.33. The lowest BCUT2D eigenvalue weighted by atomic mass is 10.3. The van der Waals surface area contributed by atoms with Crippen molar-refractivity contribution in [2.24, 2.45) is 0 Å². The number of carbonyl (C=O) groups is 1. The summed E-state index contributed by atoms with van der Waals surface area (Å²) >= 11 is 2.98. The van der Waals surface area contributed by atoms with Crippen LogP contribution in [-0.4, -0.2) is 11.5 Å². The highest BCUT2D eigenvalue weighted by atomic mass is 79.9. The molecule has 0 aliphatic heterocycles. The summed E-state index contributed by atoms with van der Waals surface area (Å²) in [6.07, 6.45) is 1.72. The highest BCUT2D eigenvalue weighted by Gasteiger charge is 2.04. The van der Waals surface area contributed by atoms with Gasteiger partial charge in [0.05, 0.1) is 6.26 Å². The molecule has 0 aliphatic carbocycles. The van der Waals surface area contributed by atoms with Gasteiger partial charge in [-0.15, -0.1) is 0 Å². The Morgan fingerprint density at radius 3 is 3.09 bits per heavy atom. The second kappa shape index (κ2) is 4.18. The summed E-state index contributed by atoms with van der Waals surface area (Å²) in [5, 5.41) is 0. The molecule has 0 aliphatic rings. The monoisotopic (exact) mass is 218 g/mol. The summed E-state index contributed by atoms with van der Waals surface area (Å²) < 4.78 is 9.57. The fourth-order valence-corrected chi connectivity index (χ4v) is 0.923. The lowest BCUT2D eigenvalue weighted by Gasteiger charge is -1.96. The van der Waals surface area contributed by atoms with Crippen LogP contribution in [-0.2, 0) is 16.0 Å². The third-order valence-electron chi connectivity index (χ3n) is 1.11. The Bertz CT molecular complexity index is 218. The molecule has 0 fully saturated rings. The van der Waals surface area contributed by atoms with Crippen LogP contribution in [0.25, 0.3) is 0 Å². The maximum atomic E-state index is 10.8. The average molecular weight is 219 g/mol. The first-order valence-corrected chi connectivity index (χ1v) is 4.19. The maximum absolute atomic E-state index is 10.8. The molecule has 11 heavy (non-hydrogen) atoms. The number of ether oxygens (including phenoxy) is 1. The summed E-state index contributed by atoms with van der Waals surface area (Å²) in [4.78, 5) is 10.8. The van der Waals surface area contributed by atoms with Crippen LogP contribution >= 0.6 is 15.9 Å². The number of hydrogen-bond donors (Lipinski definition) is 0. The second-order valence-electron chi connectivity index (χ2n) is 1.88. The van der Waals surface area contributed by atoms with Crippen molar-refractivity contribution in [3.8, 4) is 0 Å². The van der Waals surface area contributed by atoms with E-state index in [-0.39, 0.29) is 17.9 Å². The zero-order valence-electron chi connectivity index (χ0n) is 5.75. The SMILES string of the molecule is O=C(Cc1ccco1)OCBr. The largest absolute Gasteiger partial charge is 0.469 e. The molecule has 0 spiro atoms. The molecule has 0 saturated carbocycles. The molecule has 1 aromatic rings. The van der Waals surface area contributed by atoms with E-state index in [1.165, 1.54) is 6.26 Å². The molecular formula is C7H7BrO3. The number of furan rings is 1. The average Bonchev–Trinajstić information content (AvgIpc) is 2.40. The standard InChI is InChI=1S/C7H7BrO3/c8-5-11-7(9)4-6-2-1-3-10-6/h1-3H,4-5H2. The maximum Gasteiger partial charge on any atom is 0.314 e. The van der Waals surface area contributed by atoms with Crippen LogP contribution in [0.1, 0.15) is 5.76 Å². The van der Waals surface area contributed by atoms with E-state index in [9.17, 15) is 4.79 Å². The smallest absolute Gasteiger partial charge is 0.314 e. The molecule has 1 aromatic heterocycles. The molecule has 0 atom stereocenters. The van der Waals surface area contributed by atoms with Crippen LogP contribution < -0.4 is 0 Å². The molecule has 4 heteroatoms. The number of hydrogen-bond acceptors (Lipinski definition) is 3. The molecule has 0 bridgehead atoms.